The van der Waals surface area contributed by atoms with Gasteiger partial charge in [-0.15, -0.1) is 0 Å². The van der Waals surface area contributed by atoms with Gasteiger partial charge in [0.2, 0.25) is 0 Å². The van der Waals surface area contributed by atoms with Gasteiger partial charge < -0.3 is 24.6 Å². The van der Waals surface area contributed by atoms with Crippen molar-refractivity contribution < 1.29 is 19.7 Å². The molecule has 0 aliphatic carbocycles. The fourth-order valence-corrected chi connectivity index (χ4v) is 2.74. The number of hydrogen-bond donors (Lipinski definition) is 2. The van der Waals surface area contributed by atoms with Gasteiger partial charge >= 0.3 is 13.1 Å². The number of aliphatic hydroxyl groups excluding tert-OH is 1. The highest BCUT2D eigenvalue weighted by Crippen LogP contribution is 2.15. The first-order valence-corrected chi connectivity index (χ1v) is 7.62. The molecule has 1 fully saturated rings. The summed E-state index contributed by atoms with van der Waals surface area (Å²) in [6.45, 7) is 3.53. The van der Waals surface area contributed by atoms with Gasteiger partial charge in [0, 0.05) is 32.3 Å². The molecule has 1 atom stereocenters. The van der Waals surface area contributed by atoms with Gasteiger partial charge in [-0.2, -0.15) is 0 Å². The lowest BCUT2D eigenvalue weighted by Gasteiger charge is -2.41. The van der Waals surface area contributed by atoms with E-state index in [9.17, 15) is 9.82 Å². The topological polar surface area (TPSA) is 73.2 Å². The third kappa shape index (κ3) is 4.46. The Morgan fingerprint density at radius 2 is 2.09 bits per heavy atom. The number of rotatable bonds is 5. The fraction of sp³-hybridized carbons (Fsp3) is 0.533. The lowest BCUT2D eigenvalue weighted by molar-refractivity contribution is 0.0607. The summed E-state index contributed by atoms with van der Waals surface area (Å²) in [5, 5.41) is 18.9. The molecule has 1 aromatic rings. The molecule has 120 valence electrons. The summed E-state index contributed by atoms with van der Waals surface area (Å²) in [7, 11) is -0.584. The molecule has 0 aromatic heterocycles. The summed E-state index contributed by atoms with van der Waals surface area (Å²) in [6.07, 6.45) is 0.171. The van der Waals surface area contributed by atoms with Crippen molar-refractivity contribution in [2.45, 2.75) is 25.9 Å². The van der Waals surface area contributed by atoms with E-state index in [2.05, 4.69) is 0 Å². The minimum atomic E-state index is -0.584. The molecular formula is C15H23BN2O4. The van der Waals surface area contributed by atoms with Crippen LogP contribution in [0.2, 0.25) is 6.82 Å². The first kappa shape index (κ1) is 16.8. The van der Waals surface area contributed by atoms with Crippen LogP contribution in [0.3, 0.4) is 0 Å². The van der Waals surface area contributed by atoms with Crippen molar-refractivity contribution in [1.82, 2.24) is 9.71 Å². The van der Waals surface area contributed by atoms with Crippen molar-refractivity contribution in [3.8, 4) is 0 Å². The molecule has 0 saturated carbocycles. The normalized spacial score (nSPS) is 19.0. The predicted molar refractivity (Wildman–Crippen MR) is 84.2 cm³/mol. The van der Waals surface area contributed by atoms with Gasteiger partial charge in [-0.3, -0.25) is 0 Å². The number of nitrogens with zero attached hydrogens (tertiary/aromatic N) is 2. The van der Waals surface area contributed by atoms with Crippen LogP contribution in [0.25, 0.3) is 0 Å². The molecule has 22 heavy (non-hydrogen) atoms. The lowest BCUT2D eigenvalue weighted by Crippen LogP contribution is -2.59. The summed E-state index contributed by atoms with van der Waals surface area (Å²) in [6, 6.07) is 9.49. The van der Waals surface area contributed by atoms with E-state index < -0.39 is 7.05 Å². The van der Waals surface area contributed by atoms with Crippen LogP contribution in [-0.4, -0.2) is 65.3 Å². The highest BCUT2D eigenvalue weighted by molar-refractivity contribution is 6.45. The number of ether oxygens (including phenoxy) is 1. The Morgan fingerprint density at radius 3 is 2.73 bits per heavy atom. The Balaban J connectivity index is 1.88. The van der Waals surface area contributed by atoms with Crippen LogP contribution < -0.4 is 0 Å². The van der Waals surface area contributed by atoms with Crippen LogP contribution in [-0.2, 0) is 11.3 Å². The van der Waals surface area contributed by atoms with Gasteiger partial charge in [-0.05, 0) is 18.8 Å². The number of aliphatic hydroxyl groups is 1. The van der Waals surface area contributed by atoms with Crippen molar-refractivity contribution in [2.24, 2.45) is 0 Å². The molecule has 0 radical (unpaired) electrons. The van der Waals surface area contributed by atoms with Crippen LogP contribution in [0, 0.1) is 0 Å². The zero-order valence-corrected chi connectivity index (χ0v) is 12.9. The number of carbonyl (C=O) groups is 1. The number of piperazine rings is 1. The first-order valence-electron chi connectivity index (χ1n) is 7.62. The maximum absolute atomic E-state index is 12.2. The standard InChI is InChI=1S/C15H23BN2O4/c1-16(21)18-9-8-17(11-14(18)7-10-19)15(20)22-12-13-5-3-2-4-6-13/h2-6,14,19,21H,7-12H2,1H3/t14-/m0/s1. The van der Waals surface area contributed by atoms with Gasteiger partial charge in [0.1, 0.15) is 6.61 Å². The lowest BCUT2D eigenvalue weighted by atomic mass is 9.81. The molecule has 2 N–H and O–H groups in total. The van der Waals surface area contributed by atoms with Crippen molar-refractivity contribution >= 4 is 13.1 Å². The Bertz CT molecular complexity index is 472. The van der Waals surface area contributed by atoms with Crippen LogP contribution >= 0.6 is 0 Å². The average Bonchev–Trinajstić information content (AvgIpc) is 2.53. The Hall–Kier alpha value is -1.57. The summed E-state index contributed by atoms with van der Waals surface area (Å²) >= 11 is 0. The molecule has 1 aromatic carbocycles. The average molecular weight is 306 g/mol. The smallest absolute Gasteiger partial charge is 0.410 e. The molecule has 1 saturated heterocycles. The molecule has 1 aliphatic rings. The molecule has 2 rings (SSSR count). The molecule has 1 heterocycles. The monoisotopic (exact) mass is 306 g/mol. The first-order chi connectivity index (χ1) is 10.6. The van der Waals surface area contributed by atoms with Crippen LogP contribution in [0.5, 0.6) is 0 Å². The van der Waals surface area contributed by atoms with E-state index in [0.717, 1.165) is 5.56 Å². The summed E-state index contributed by atoms with van der Waals surface area (Å²) in [5.41, 5.74) is 0.949. The van der Waals surface area contributed by atoms with E-state index in [1.54, 1.807) is 11.7 Å². The Labute approximate surface area is 131 Å². The zero-order chi connectivity index (χ0) is 15.9. The molecule has 1 aliphatic heterocycles. The molecule has 1 amide bonds. The molecule has 0 unspecified atom stereocenters. The summed E-state index contributed by atoms with van der Waals surface area (Å²) in [5.74, 6) is 0. The predicted octanol–water partition coefficient (Wildman–Crippen LogP) is 0.802. The Morgan fingerprint density at radius 1 is 1.36 bits per heavy atom. The van der Waals surface area contributed by atoms with Gasteiger partial charge in [0.15, 0.2) is 0 Å². The SMILES string of the molecule is CB(O)N1CCN(C(=O)OCc2ccccc2)C[C@@H]1CCO. The van der Waals surface area contributed by atoms with Crippen LogP contribution in [0.1, 0.15) is 12.0 Å². The highest BCUT2D eigenvalue weighted by Gasteiger charge is 2.33. The molecule has 0 bridgehead atoms. The van der Waals surface area contributed by atoms with E-state index in [-0.39, 0.29) is 25.3 Å². The second kappa shape index (κ2) is 8.17. The maximum Gasteiger partial charge on any atom is 0.410 e. The number of amides is 1. The van der Waals surface area contributed by atoms with Crippen molar-refractivity contribution in [1.29, 1.82) is 0 Å². The van der Waals surface area contributed by atoms with Gasteiger partial charge in [0.05, 0.1) is 0 Å². The van der Waals surface area contributed by atoms with E-state index in [1.165, 1.54) is 0 Å². The molecule has 7 heteroatoms. The van der Waals surface area contributed by atoms with Gasteiger partial charge in [-0.25, -0.2) is 4.79 Å². The number of benzene rings is 1. The third-order valence-corrected chi connectivity index (χ3v) is 3.93. The second-order valence-corrected chi connectivity index (χ2v) is 5.52. The number of hydrogen-bond acceptors (Lipinski definition) is 5. The minimum Gasteiger partial charge on any atom is -0.445 e. The fourth-order valence-electron chi connectivity index (χ4n) is 2.74. The second-order valence-electron chi connectivity index (χ2n) is 5.52. The van der Waals surface area contributed by atoms with Crippen LogP contribution in [0.4, 0.5) is 4.79 Å². The van der Waals surface area contributed by atoms with E-state index in [1.807, 2.05) is 35.1 Å². The molecule has 0 spiro atoms. The number of carbonyl (C=O) groups excluding carboxylic acids is 1. The minimum absolute atomic E-state index is 0.0286. The van der Waals surface area contributed by atoms with E-state index >= 15 is 0 Å². The van der Waals surface area contributed by atoms with Gasteiger partial charge in [-0.1, -0.05) is 30.3 Å². The van der Waals surface area contributed by atoms with Crippen molar-refractivity contribution in [3.63, 3.8) is 0 Å². The quantitative estimate of drug-likeness (QED) is 0.787. The maximum atomic E-state index is 12.2. The zero-order valence-electron chi connectivity index (χ0n) is 12.9. The van der Waals surface area contributed by atoms with E-state index in [0.29, 0.717) is 26.1 Å². The van der Waals surface area contributed by atoms with Crippen LogP contribution in [0.15, 0.2) is 30.3 Å². The molecular weight excluding hydrogens is 283 g/mol. The van der Waals surface area contributed by atoms with E-state index in [4.69, 9.17) is 9.84 Å². The third-order valence-electron chi connectivity index (χ3n) is 3.93. The van der Waals surface area contributed by atoms with Gasteiger partial charge in [0.25, 0.3) is 0 Å². The Kier molecular flexibility index (Phi) is 6.24. The molecule has 6 nitrogen and oxygen atoms in total. The van der Waals surface area contributed by atoms with Crippen molar-refractivity contribution in [3.05, 3.63) is 35.9 Å². The largest absolute Gasteiger partial charge is 0.445 e. The van der Waals surface area contributed by atoms with Crippen molar-refractivity contribution in [2.75, 3.05) is 26.2 Å². The highest BCUT2D eigenvalue weighted by atomic mass is 16.6. The summed E-state index contributed by atoms with van der Waals surface area (Å²) < 4.78 is 5.33. The summed E-state index contributed by atoms with van der Waals surface area (Å²) in [4.78, 5) is 15.7.